The van der Waals surface area contributed by atoms with Crippen LogP contribution in [-0.4, -0.2) is 12.3 Å². The first-order chi connectivity index (χ1) is 8.45. The number of hydrogen-bond donors (Lipinski definition) is 1. The maximum absolute atomic E-state index is 12.0. The van der Waals surface area contributed by atoms with Gasteiger partial charge in [-0.1, -0.05) is 53.4 Å². The third-order valence-electron chi connectivity index (χ3n) is 3.96. The summed E-state index contributed by atoms with van der Waals surface area (Å²) in [7, 11) is 0. The Morgan fingerprint density at radius 2 is 1.89 bits per heavy atom. The van der Waals surface area contributed by atoms with Crippen molar-refractivity contribution in [1.29, 1.82) is 0 Å². The highest BCUT2D eigenvalue weighted by Crippen LogP contribution is 2.27. The predicted octanol–water partition coefficient (Wildman–Crippen LogP) is 4.32. The van der Waals surface area contributed by atoms with Gasteiger partial charge in [0.25, 0.3) is 0 Å². The number of unbranched alkanes of at least 4 members (excludes halogenated alkanes) is 1. The number of rotatable bonds is 11. The molecule has 0 aliphatic rings. The smallest absolute Gasteiger partial charge is 0.133 e. The molecule has 2 nitrogen and oxygen atoms in total. The summed E-state index contributed by atoms with van der Waals surface area (Å²) in [5, 5.41) is 0. The summed E-state index contributed by atoms with van der Waals surface area (Å²) in [5.74, 6) is 1.05. The normalized spacial score (nSPS) is 13.6. The van der Waals surface area contributed by atoms with E-state index in [2.05, 4.69) is 27.7 Å². The zero-order chi connectivity index (χ0) is 14.0. The van der Waals surface area contributed by atoms with Gasteiger partial charge in [0.15, 0.2) is 0 Å². The molecular weight excluding hydrogens is 222 g/mol. The number of carbonyl (C=O) groups is 1. The average Bonchev–Trinajstić information content (AvgIpc) is 2.32. The zero-order valence-electron chi connectivity index (χ0n) is 12.9. The number of nitrogens with two attached hydrogens (primary N) is 1. The van der Waals surface area contributed by atoms with Crippen LogP contribution in [0.2, 0.25) is 0 Å². The third-order valence-corrected chi connectivity index (χ3v) is 3.96. The van der Waals surface area contributed by atoms with Gasteiger partial charge in [-0.05, 0) is 30.7 Å². The molecule has 0 aromatic carbocycles. The molecule has 0 saturated carbocycles. The topological polar surface area (TPSA) is 43.1 Å². The van der Waals surface area contributed by atoms with Crippen LogP contribution in [-0.2, 0) is 4.79 Å². The number of Topliss-reactive ketones (excluding diaryl/α,β-unsaturated/α-hetero) is 1. The largest absolute Gasteiger partial charge is 0.330 e. The zero-order valence-corrected chi connectivity index (χ0v) is 12.9. The van der Waals surface area contributed by atoms with Gasteiger partial charge in [0.2, 0.25) is 0 Å². The second-order valence-electron chi connectivity index (χ2n) is 6.36. The standard InChI is InChI=1S/C16H33NO/c1-5-7-8-14(6-2)13-15(18)9-10-16(3,4)11-12-17/h14H,5-13,17H2,1-4H3. The van der Waals surface area contributed by atoms with Crippen LogP contribution in [0.25, 0.3) is 0 Å². The van der Waals surface area contributed by atoms with E-state index >= 15 is 0 Å². The van der Waals surface area contributed by atoms with Crippen molar-refractivity contribution in [3.05, 3.63) is 0 Å². The summed E-state index contributed by atoms with van der Waals surface area (Å²) in [5.41, 5.74) is 5.81. The lowest BCUT2D eigenvalue weighted by molar-refractivity contribution is -0.120. The first-order valence-corrected chi connectivity index (χ1v) is 7.67. The van der Waals surface area contributed by atoms with E-state index in [1.165, 1.54) is 19.3 Å². The van der Waals surface area contributed by atoms with E-state index in [0.717, 1.165) is 38.6 Å². The molecule has 1 atom stereocenters. The fraction of sp³-hybridized carbons (Fsp3) is 0.938. The molecule has 0 fully saturated rings. The van der Waals surface area contributed by atoms with Crippen LogP contribution in [0.1, 0.15) is 79.1 Å². The Morgan fingerprint density at radius 1 is 1.22 bits per heavy atom. The molecular formula is C16H33NO. The van der Waals surface area contributed by atoms with E-state index in [1.54, 1.807) is 0 Å². The molecule has 18 heavy (non-hydrogen) atoms. The summed E-state index contributed by atoms with van der Waals surface area (Å²) in [4.78, 5) is 12.0. The van der Waals surface area contributed by atoms with Gasteiger partial charge in [-0.25, -0.2) is 0 Å². The second-order valence-corrected chi connectivity index (χ2v) is 6.36. The van der Waals surface area contributed by atoms with Gasteiger partial charge in [0.1, 0.15) is 5.78 Å². The molecule has 0 saturated heterocycles. The lowest BCUT2D eigenvalue weighted by Crippen LogP contribution is -2.19. The van der Waals surface area contributed by atoms with Crippen molar-refractivity contribution < 1.29 is 4.79 Å². The summed E-state index contributed by atoms with van der Waals surface area (Å²) in [6.07, 6.45) is 8.34. The van der Waals surface area contributed by atoms with Crippen molar-refractivity contribution in [3.8, 4) is 0 Å². The van der Waals surface area contributed by atoms with Gasteiger partial charge in [0.05, 0.1) is 0 Å². The van der Waals surface area contributed by atoms with E-state index in [4.69, 9.17) is 5.73 Å². The Hall–Kier alpha value is -0.370. The van der Waals surface area contributed by atoms with Crippen LogP contribution < -0.4 is 5.73 Å². The van der Waals surface area contributed by atoms with Crippen LogP contribution in [0.5, 0.6) is 0 Å². The van der Waals surface area contributed by atoms with Crippen LogP contribution >= 0.6 is 0 Å². The van der Waals surface area contributed by atoms with Crippen LogP contribution in [0.3, 0.4) is 0 Å². The molecule has 2 heteroatoms. The molecule has 0 aliphatic carbocycles. The number of ketones is 1. The van der Waals surface area contributed by atoms with Crippen molar-refractivity contribution in [1.82, 2.24) is 0 Å². The minimum Gasteiger partial charge on any atom is -0.330 e. The minimum atomic E-state index is 0.218. The summed E-state index contributed by atoms with van der Waals surface area (Å²) in [6, 6.07) is 0. The molecule has 0 spiro atoms. The highest BCUT2D eigenvalue weighted by molar-refractivity contribution is 5.78. The SMILES string of the molecule is CCCCC(CC)CC(=O)CCC(C)(C)CCN. The lowest BCUT2D eigenvalue weighted by Gasteiger charge is -2.23. The van der Waals surface area contributed by atoms with Crippen LogP contribution in [0, 0.1) is 11.3 Å². The number of carbonyl (C=O) groups excluding carboxylic acids is 1. The van der Waals surface area contributed by atoms with Gasteiger partial charge in [-0.2, -0.15) is 0 Å². The maximum Gasteiger partial charge on any atom is 0.133 e. The predicted molar refractivity (Wildman–Crippen MR) is 79.6 cm³/mol. The summed E-state index contributed by atoms with van der Waals surface area (Å²) >= 11 is 0. The minimum absolute atomic E-state index is 0.218. The third kappa shape index (κ3) is 8.68. The fourth-order valence-corrected chi connectivity index (χ4v) is 2.36. The monoisotopic (exact) mass is 255 g/mol. The molecule has 0 rings (SSSR count). The molecule has 2 N–H and O–H groups in total. The molecule has 0 aromatic rings. The van der Waals surface area contributed by atoms with Crippen molar-refractivity contribution in [2.45, 2.75) is 79.1 Å². The molecule has 0 heterocycles. The van der Waals surface area contributed by atoms with E-state index in [9.17, 15) is 4.79 Å². The highest BCUT2D eigenvalue weighted by atomic mass is 16.1. The van der Waals surface area contributed by atoms with Crippen molar-refractivity contribution in [3.63, 3.8) is 0 Å². The molecule has 0 aromatic heterocycles. The molecule has 108 valence electrons. The Bertz CT molecular complexity index is 223. The van der Waals surface area contributed by atoms with Gasteiger partial charge in [-0.3, -0.25) is 4.79 Å². The Balaban J connectivity index is 3.94. The molecule has 1 unspecified atom stereocenters. The Morgan fingerprint density at radius 3 is 2.39 bits per heavy atom. The van der Waals surface area contributed by atoms with Gasteiger partial charge in [-0.15, -0.1) is 0 Å². The van der Waals surface area contributed by atoms with Crippen LogP contribution in [0.15, 0.2) is 0 Å². The van der Waals surface area contributed by atoms with Crippen molar-refractivity contribution in [2.75, 3.05) is 6.54 Å². The van der Waals surface area contributed by atoms with E-state index in [1.807, 2.05) is 0 Å². The summed E-state index contributed by atoms with van der Waals surface area (Å²) in [6.45, 7) is 9.55. The quantitative estimate of drug-likeness (QED) is 0.597. The maximum atomic E-state index is 12.0. The highest BCUT2D eigenvalue weighted by Gasteiger charge is 2.19. The van der Waals surface area contributed by atoms with Gasteiger partial charge in [0, 0.05) is 12.8 Å². The Labute approximate surface area is 114 Å². The van der Waals surface area contributed by atoms with E-state index in [0.29, 0.717) is 11.7 Å². The Kier molecular flexibility index (Phi) is 9.35. The van der Waals surface area contributed by atoms with Crippen LogP contribution in [0.4, 0.5) is 0 Å². The fourth-order valence-electron chi connectivity index (χ4n) is 2.36. The molecule has 0 radical (unpaired) electrons. The average molecular weight is 255 g/mol. The lowest BCUT2D eigenvalue weighted by atomic mass is 9.82. The van der Waals surface area contributed by atoms with E-state index < -0.39 is 0 Å². The molecule has 0 aliphatic heterocycles. The number of hydrogen-bond acceptors (Lipinski definition) is 2. The molecule has 0 amide bonds. The summed E-state index contributed by atoms with van der Waals surface area (Å²) < 4.78 is 0. The van der Waals surface area contributed by atoms with E-state index in [-0.39, 0.29) is 5.41 Å². The molecule has 0 bridgehead atoms. The van der Waals surface area contributed by atoms with Gasteiger partial charge >= 0.3 is 0 Å². The second kappa shape index (κ2) is 9.55. The first kappa shape index (κ1) is 17.6. The van der Waals surface area contributed by atoms with Gasteiger partial charge < -0.3 is 5.73 Å². The van der Waals surface area contributed by atoms with Crippen molar-refractivity contribution >= 4 is 5.78 Å². The first-order valence-electron chi connectivity index (χ1n) is 7.67. The van der Waals surface area contributed by atoms with Crippen molar-refractivity contribution in [2.24, 2.45) is 17.1 Å².